The maximum atomic E-state index is 3.61. The highest BCUT2D eigenvalue weighted by molar-refractivity contribution is 4.88. The van der Waals surface area contributed by atoms with E-state index in [-0.39, 0.29) is 0 Å². The Balaban J connectivity index is 1.66. The molecule has 2 aliphatic rings. The SMILES string of the molecule is CCC1(CC)CCN(CCNC2CC2)C1. The second-order valence-electron chi connectivity index (χ2n) is 5.46. The molecule has 0 aromatic heterocycles. The molecule has 1 saturated carbocycles. The van der Waals surface area contributed by atoms with Crippen molar-refractivity contribution in [2.24, 2.45) is 5.41 Å². The normalized spacial score (nSPS) is 26.0. The predicted molar refractivity (Wildman–Crippen MR) is 65.1 cm³/mol. The number of hydrogen-bond donors (Lipinski definition) is 1. The minimum absolute atomic E-state index is 0.652. The Labute approximate surface area is 94.4 Å². The summed E-state index contributed by atoms with van der Waals surface area (Å²) in [5.41, 5.74) is 0.652. The Morgan fingerprint density at radius 3 is 2.53 bits per heavy atom. The van der Waals surface area contributed by atoms with Crippen molar-refractivity contribution in [1.29, 1.82) is 0 Å². The van der Waals surface area contributed by atoms with Gasteiger partial charge in [-0.1, -0.05) is 13.8 Å². The molecule has 0 amide bonds. The van der Waals surface area contributed by atoms with E-state index in [1.807, 2.05) is 0 Å². The van der Waals surface area contributed by atoms with Crippen molar-refractivity contribution >= 4 is 0 Å². The fourth-order valence-corrected chi connectivity index (χ4v) is 2.76. The van der Waals surface area contributed by atoms with Crippen molar-refractivity contribution in [3.05, 3.63) is 0 Å². The van der Waals surface area contributed by atoms with E-state index in [2.05, 4.69) is 24.1 Å². The number of hydrogen-bond acceptors (Lipinski definition) is 2. The molecule has 1 saturated heterocycles. The second kappa shape index (κ2) is 4.84. The summed E-state index contributed by atoms with van der Waals surface area (Å²) >= 11 is 0. The van der Waals surface area contributed by atoms with Gasteiger partial charge in [-0.3, -0.25) is 0 Å². The zero-order valence-corrected chi connectivity index (χ0v) is 10.4. The van der Waals surface area contributed by atoms with Crippen LogP contribution in [0.4, 0.5) is 0 Å². The van der Waals surface area contributed by atoms with E-state index < -0.39 is 0 Å². The van der Waals surface area contributed by atoms with E-state index in [1.54, 1.807) is 0 Å². The highest BCUT2D eigenvalue weighted by Gasteiger charge is 2.34. The summed E-state index contributed by atoms with van der Waals surface area (Å²) in [4.78, 5) is 2.66. The fourth-order valence-electron chi connectivity index (χ4n) is 2.76. The molecule has 1 N–H and O–H groups in total. The van der Waals surface area contributed by atoms with Gasteiger partial charge in [0.1, 0.15) is 0 Å². The molecule has 0 aromatic carbocycles. The Kier molecular flexibility index (Phi) is 3.68. The molecule has 15 heavy (non-hydrogen) atoms. The van der Waals surface area contributed by atoms with E-state index in [0.717, 1.165) is 6.04 Å². The Morgan fingerprint density at radius 1 is 1.27 bits per heavy atom. The van der Waals surface area contributed by atoms with Crippen molar-refractivity contribution in [3.8, 4) is 0 Å². The quantitative estimate of drug-likeness (QED) is 0.723. The third-order valence-corrected chi connectivity index (χ3v) is 4.46. The highest BCUT2D eigenvalue weighted by atomic mass is 15.2. The summed E-state index contributed by atoms with van der Waals surface area (Å²) < 4.78 is 0. The van der Waals surface area contributed by atoms with E-state index in [1.165, 1.54) is 58.3 Å². The van der Waals surface area contributed by atoms with Crippen molar-refractivity contribution in [3.63, 3.8) is 0 Å². The van der Waals surface area contributed by atoms with Crippen molar-refractivity contribution in [2.75, 3.05) is 26.2 Å². The second-order valence-corrected chi connectivity index (χ2v) is 5.46. The minimum atomic E-state index is 0.652. The molecule has 1 heterocycles. The first-order chi connectivity index (χ1) is 7.28. The largest absolute Gasteiger partial charge is 0.313 e. The lowest BCUT2D eigenvalue weighted by molar-refractivity contribution is 0.240. The molecule has 2 nitrogen and oxygen atoms in total. The van der Waals surface area contributed by atoms with Gasteiger partial charge in [0.25, 0.3) is 0 Å². The van der Waals surface area contributed by atoms with Gasteiger partial charge in [-0.15, -0.1) is 0 Å². The van der Waals surface area contributed by atoms with Crippen LogP contribution < -0.4 is 5.32 Å². The lowest BCUT2D eigenvalue weighted by Gasteiger charge is -2.26. The summed E-state index contributed by atoms with van der Waals surface area (Å²) in [7, 11) is 0. The van der Waals surface area contributed by atoms with Crippen LogP contribution in [-0.4, -0.2) is 37.1 Å². The summed E-state index contributed by atoms with van der Waals surface area (Å²) in [5, 5.41) is 3.61. The van der Waals surface area contributed by atoms with Crippen LogP contribution in [0, 0.1) is 5.41 Å². The highest BCUT2D eigenvalue weighted by Crippen LogP contribution is 2.36. The summed E-state index contributed by atoms with van der Waals surface area (Å²) in [5.74, 6) is 0. The minimum Gasteiger partial charge on any atom is -0.313 e. The molecule has 0 radical (unpaired) electrons. The molecule has 0 unspecified atom stereocenters. The van der Waals surface area contributed by atoms with Crippen LogP contribution in [0.15, 0.2) is 0 Å². The predicted octanol–water partition coefficient (Wildman–Crippen LogP) is 2.25. The number of nitrogens with zero attached hydrogens (tertiary/aromatic N) is 1. The Hall–Kier alpha value is -0.0800. The molecule has 2 rings (SSSR count). The average molecular weight is 210 g/mol. The van der Waals surface area contributed by atoms with E-state index in [0.29, 0.717) is 5.41 Å². The Bertz CT molecular complexity index is 195. The number of rotatable bonds is 6. The van der Waals surface area contributed by atoms with Gasteiger partial charge in [0.05, 0.1) is 0 Å². The van der Waals surface area contributed by atoms with Crippen LogP contribution in [0.5, 0.6) is 0 Å². The third-order valence-electron chi connectivity index (χ3n) is 4.46. The number of likely N-dealkylation sites (tertiary alicyclic amines) is 1. The molecule has 0 spiro atoms. The van der Waals surface area contributed by atoms with E-state index >= 15 is 0 Å². The van der Waals surface area contributed by atoms with E-state index in [9.17, 15) is 0 Å². The lowest BCUT2D eigenvalue weighted by atomic mass is 9.82. The van der Waals surface area contributed by atoms with Crippen LogP contribution in [0.2, 0.25) is 0 Å². The third kappa shape index (κ3) is 2.94. The lowest BCUT2D eigenvalue weighted by Crippen LogP contribution is -2.33. The molecule has 1 aliphatic carbocycles. The fraction of sp³-hybridized carbons (Fsp3) is 1.00. The topological polar surface area (TPSA) is 15.3 Å². The number of nitrogens with one attached hydrogen (secondary N) is 1. The van der Waals surface area contributed by atoms with Gasteiger partial charge in [0.15, 0.2) is 0 Å². The van der Waals surface area contributed by atoms with Gasteiger partial charge >= 0.3 is 0 Å². The Morgan fingerprint density at radius 2 is 2.00 bits per heavy atom. The van der Waals surface area contributed by atoms with Crippen LogP contribution in [0.25, 0.3) is 0 Å². The monoisotopic (exact) mass is 210 g/mol. The average Bonchev–Trinajstić information content (AvgIpc) is 2.98. The molecule has 88 valence electrons. The van der Waals surface area contributed by atoms with Crippen LogP contribution in [0.1, 0.15) is 46.0 Å². The van der Waals surface area contributed by atoms with Crippen molar-refractivity contribution in [1.82, 2.24) is 10.2 Å². The van der Waals surface area contributed by atoms with Gasteiger partial charge in [0, 0.05) is 25.7 Å². The molecule has 0 atom stereocenters. The van der Waals surface area contributed by atoms with Crippen molar-refractivity contribution in [2.45, 2.75) is 52.0 Å². The zero-order chi connectivity index (χ0) is 10.7. The summed E-state index contributed by atoms with van der Waals surface area (Å²) in [6, 6.07) is 0.870. The summed E-state index contributed by atoms with van der Waals surface area (Å²) in [6.07, 6.45) is 6.96. The van der Waals surface area contributed by atoms with Gasteiger partial charge < -0.3 is 10.2 Å². The maximum absolute atomic E-state index is 3.61. The first-order valence-corrected chi connectivity index (χ1v) is 6.74. The van der Waals surface area contributed by atoms with Gasteiger partial charge in [-0.2, -0.15) is 0 Å². The standard InChI is InChI=1S/C13H26N2/c1-3-13(4-2)7-9-15(11-13)10-8-14-12-5-6-12/h12,14H,3-11H2,1-2H3. The smallest absolute Gasteiger partial charge is 0.0107 e. The first-order valence-electron chi connectivity index (χ1n) is 6.74. The molecule has 1 aliphatic heterocycles. The molecule has 0 aromatic rings. The van der Waals surface area contributed by atoms with Crippen LogP contribution >= 0.6 is 0 Å². The molecule has 2 heteroatoms. The molecule has 2 fully saturated rings. The maximum Gasteiger partial charge on any atom is 0.0107 e. The zero-order valence-electron chi connectivity index (χ0n) is 10.4. The van der Waals surface area contributed by atoms with Gasteiger partial charge in [0.2, 0.25) is 0 Å². The summed E-state index contributed by atoms with van der Waals surface area (Å²) in [6.45, 7) is 9.84. The van der Waals surface area contributed by atoms with Gasteiger partial charge in [-0.25, -0.2) is 0 Å². The van der Waals surface area contributed by atoms with E-state index in [4.69, 9.17) is 0 Å². The molecule has 0 bridgehead atoms. The van der Waals surface area contributed by atoms with Crippen LogP contribution in [-0.2, 0) is 0 Å². The van der Waals surface area contributed by atoms with Crippen molar-refractivity contribution < 1.29 is 0 Å². The first kappa shape index (κ1) is 11.4. The van der Waals surface area contributed by atoms with Crippen LogP contribution in [0.3, 0.4) is 0 Å². The molecular weight excluding hydrogens is 184 g/mol. The molecular formula is C13H26N2. The van der Waals surface area contributed by atoms with Gasteiger partial charge in [-0.05, 0) is 44.1 Å².